The van der Waals surface area contributed by atoms with Gasteiger partial charge < -0.3 is 19.6 Å². The molecule has 1 N–H and O–H groups in total. The Hall–Kier alpha value is -2.57. The maximum atomic E-state index is 13.2. The number of likely N-dealkylation sites (tertiary alicyclic amines) is 2. The van der Waals surface area contributed by atoms with Gasteiger partial charge in [-0.15, -0.1) is 0 Å². The molecule has 4 rings (SSSR count). The predicted octanol–water partition coefficient (Wildman–Crippen LogP) is 1.68. The van der Waals surface area contributed by atoms with Crippen molar-refractivity contribution >= 4 is 17.8 Å². The van der Waals surface area contributed by atoms with E-state index in [4.69, 9.17) is 4.74 Å². The molecule has 7 nitrogen and oxygen atoms in total. The van der Waals surface area contributed by atoms with Crippen molar-refractivity contribution < 1.29 is 24.2 Å². The lowest BCUT2D eigenvalue weighted by Gasteiger charge is -2.30. The van der Waals surface area contributed by atoms with Crippen molar-refractivity contribution in [3.05, 3.63) is 29.8 Å². The highest BCUT2D eigenvalue weighted by molar-refractivity contribution is 5.91. The second-order valence-corrected chi connectivity index (χ2v) is 7.67. The fourth-order valence-corrected chi connectivity index (χ4v) is 4.37. The highest BCUT2D eigenvalue weighted by Gasteiger charge is 2.51. The van der Waals surface area contributed by atoms with Crippen LogP contribution in [0.1, 0.15) is 37.3 Å². The molecule has 144 valence electrons. The molecule has 0 radical (unpaired) electrons. The Morgan fingerprint density at radius 2 is 2.00 bits per heavy atom. The van der Waals surface area contributed by atoms with E-state index in [0.29, 0.717) is 18.7 Å². The molecule has 0 spiro atoms. The molecule has 1 aromatic carbocycles. The van der Waals surface area contributed by atoms with Gasteiger partial charge in [0.2, 0.25) is 11.8 Å². The van der Waals surface area contributed by atoms with Gasteiger partial charge in [0.25, 0.3) is 0 Å². The molecule has 3 atom stereocenters. The van der Waals surface area contributed by atoms with Crippen LogP contribution in [0.3, 0.4) is 0 Å². The van der Waals surface area contributed by atoms with Gasteiger partial charge in [0.15, 0.2) is 0 Å². The number of hydrogen-bond donors (Lipinski definition) is 1. The summed E-state index contributed by atoms with van der Waals surface area (Å²) in [5.74, 6) is -1.25. The number of carboxylic acids is 1. The van der Waals surface area contributed by atoms with Crippen LogP contribution in [0.4, 0.5) is 0 Å². The molecule has 7 heteroatoms. The molecule has 2 aliphatic heterocycles. The largest absolute Gasteiger partial charge is 0.497 e. The van der Waals surface area contributed by atoms with Crippen LogP contribution in [-0.4, -0.2) is 58.9 Å². The summed E-state index contributed by atoms with van der Waals surface area (Å²) in [6.07, 6.45) is 2.60. The predicted molar refractivity (Wildman–Crippen MR) is 96.0 cm³/mol. The Morgan fingerprint density at radius 3 is 2.63 bits per heavy atom. The molecule has 3 fully saturated rings. The van der Waals surface area contributed by atoms with Gasteiger partial charge in [0.05, 0.1) is 25.0 Å². The second-order valence-electron chi connectivity index (χ2n) is 7.67. The van der Waals surface area contributed by atoms with Gasteiger partial charge in [0.1, 0.15) is 5.75 Å². The molecule has 2 saturated heterocycles. The van der Waals surface area contributed by atoms with Crippen molar-refractivity contribution in [2.75, 3.05) is 20.2 Å². The molecule has 3 aliphatic rings. The third kappa shape index (κ3) is 3.26. The van der Waals surface area contributed by atoms with Crippen LogP contribution >= 0.6 is 0 Å². The summed E-state index contributed by atoms with van der Waals surface area (Å²) in [6.45, 7) is 0.669. The molecule has 1 saturated carbocycles. The van der Waals surface area contributed by atoms with Crippen LogP contribution in [0.5, 0.6) is 5.75 Å². The summed E-state index contributed by atoms with van der Waals surface area (Å²) in [6, 6.07) is 7.44. The van der Waals surface area contributed by atoms with Crippen LogP contribution in [0.2, 0.25) is 0 Å². The molecular weight excluding hydrogens is 348 g/mol. The summed E-state index contributed by atoms with van der Waals surface area (Å²) in [4.78, 5) is 40.7. The standard InChI is InChI=1S/C20H24N2O5/c1-27-15-4-2-3-12(9-15)18-16(10-17(23)22(18)14-5-6-14)19(24)21-8-7-13(11-21)20(25)26/h2-4,9,13-14,16,18H,5-8,10-11H2,1H3,(H,25,26). The highest BCUT2D eigenvalue weighted by atomic mass is 16.5. The highest BCUT2D eigenvalue weighted by Crippen LogP contribution is 2.46. The zero-order valence-electron chi connectivity index (χ0n) is 15.3. The van der Waals surface area contributed by atoms with E-state index in [1.165, 1.54) is 0 Å². The smallest absolute Gasteiger partial charge is 0.308 e. The van der Waals surface area contributed by atoms with Crippen molar-refractivity contribution in [2.45, 2.75) is 37.8 Å². The minimum absolute atomic E-state index is 0.0117. The van der Waals surface area contributed by atoms with Crippen LogP contribution in [0.25, 0.3) is 0 Å². The van der Waals surface area contributed by atoms with Crippen molar-refractivity contribution in [1.29, 1.82) is 0 Å². The van der Waals surface area contributed by atoms with E-state index in [9.17, 15) is 19.5 Å². The van der Waals surface area contributed by atoms with Gasteiger partial charge in [-0.05, 0) is 37.0 Å². The molecule has 0 bridgehead atoms. The Labute approximate surface area is 157 Å². The lowest BCUT2D eigenvalue weighted by Crippen LogP contribution is -2.38. The minimum Gasteiger partial charge on any atom is -0.497 e. The number of carboxylic acid groups (broad SMARTS) is 1. The van der Waals surface area contributed by atoms with Crippen LogP contribution < -0.4 is 4.74 Å². The summed E-state index contributed by atoms with van der Waals surface area (Å²) in [7, 11) is 1.59. The van der Waals surface area contributed by atoms with E-state index in [2.05, 4.69) is 0 Å². The topological polar surface area (TPSA) is 87.1 Å². The third-order valence-corrected chi connectivity index (χ3v) is 5.91. The Bertz CT molecular complexity index is 775. The Kier molecular flexibility index (Phi) is 4.53. The maximum absolute atomic E-state index is 13.2. The van der Waals surface area contributed by atoms with Gasteiger partial charge in [-0.25, -0.2) is 0 Å². The number of hydrogen-bond acceptors (Lipinski definition) is 4. The van der Waals surface area contributed by atoms with Gasteiger partial charge in [-0.3, -0.25) is 14.4 Å². The van der Waals surface area contributed by atoms with Crippen molar-refractivity contribution in [3.63, 3.8) is 0 Å². The van der Waals surface area contributed by atoms with Gasteiger partial charge in [-0.2, -0.15) is 0 Å². The molecule has 1 aliphatic carbocycles. The third-order valence-electron chi connectivity index (χ3n) is 5.91. The van der Waals surface area contributed by atoms with Crippen LogP contribution in [-0.2, 0) is 14.4 Å². The maximum Gasteiger partial charge on any atom is 0.308 e. The monoisotopic (exact) mass is 372 g/mol. The zero-order chi connectivity index (χ0) is 19.1. The molecule has 0 aromatic heterocycles. The van der Waals surface area contributed by atoms with Crippen molar-refractivity contribution in [3.8, 4) is 5.75 Å². The zero-order valence-corrected chi connectivity index (χ0v) is 15.3. The quantitative estimate of drug-likeness (QED) is 0.850. The first-order valence-electron chi connectivity index (χ1n) is 9.46. The van der Waals surface area contributed by atoms with E-state index in [1.807, 2.05) is 29.2 Å². The summed E-state index contributed by atoms with van der Waals surface area (Å²) in [5, 5.41) is 9.22. The lowest BCUT2D eigenvalue weighted by atomic mass is 9.92. The lowest BCUT2D eigenvalue weighted by molar-refractivity contribution is -0.142. The normalized spacial score (nSPS) is 27.9. The second kappa shape index (κ2) is 6.87. The van der Waals surface area contributed by atoms with Gasteiger partial charge >= 0.3 is 5.97 Å². The number of carbonyl (C=O) groups is 3. The Morgan fingerprint density at radius 1 is 1.22 bits per heavy atom. The number of nitrogens with zero attached hydrogens (tertiary/aromatic N) is 2. The number of carbonyl (C=O) groups excluding carboxylic acids is 2. The number of rotatable bonds is 5. The van der Waals surface area contributed by atoms with Crippen molar-refractivity contribution in [1.82, 2.24) is 9.80 Å². The molecule has 3 unspecified atom stereocenters. The fourth-order valence-electron chi connectivity index (χ4n) is 4.37. The Balaban J connectivity index is 1.62. The molecular formula is C20H24N2O5. The van der Waals surface area contributed by atoms with Crippen LogP contribution in [0.15, 0.2) is 24.3 Å². The summed E-state index contributed by atoms with van der Waals surface area (Å²) < 4.78 is 5.32. The minimum atomic E-state index is -0.864. The summed E-state index contributed by atoms with van der Waals surface area (Å²) in [5.41, 5.74) is 0.902. The number of methoxy groups -OCH3 is 1. The number of aliphatic carboxylic acids is 1. The molecule has 2 amide bonds. The first-order chi connectivity index (χ1) is 13.0. The first-order valence-corrected chi connectivity index (χ1v) is 9.46. The van der Waals surface area contributed by atoms with E-state index in [1.54, 1.807) is 12.0 Å². The number of ether oxygens (including phenoxy) is 1. The van der Waals surface area contributed by atoms with E-state index < -0.39 is 17.8 Å². The van der Waals surface area contributed by atoms with E-state index in [0.717, 1.165) is 18.4 Å². The van der Waals surface area contributed by atoms with Crippen LogP contribution in [0, 0.1) is 11.8 Å². The number of benzene rings is 1. The fraction of sp³-hybridized carbons (Fsp3) is 0.550. The molecule has 2 heterocycles. The molecule has 1 aromatic rings. The molecule has 27 heavy (non-hydrogen) atoms. The van der Waals surface area contributed by atoms with Crippen molar-refractivity contribution in [2.24, 2.45) is 11.8 Å². The van der Waals surface area contributed by atoms with Gasteiger partial charge in [0, 0.05) is 25.6 Å². The average Bonchev–Trinajstić information content (AvgIpc) is 3.26. The SMILES string of the molecule is COc1cccc(C2C(C(=O)N3CCC(C(=O)O)C3)CC(=O)N2C2CC2)c1. The number of amides is 2. The van der Waals surface area contributed by atoms with Gasteiger partial charge in [-0.1, -0.05) is 12.1 Å². The van der Waals surface area contributed by atoms with E-state index >= 15 is 0 Å². The summed E-state index contributed by atoms with van der Waals surface area (Å²) >= 11 is 0. The first kappa shape index (κ1) is 17.8. The average molecular weight is 372 g/mol. The van der Waals surface area contributed by atoms with E-state index in [-0.39, 0.29) is 36.9 Å².